The van der Waals surface area contributed by atoms with Gasteiger partial charge in [-0.3, -0.25) is 5.43 Å². The molecule has 0 amide bonds. The first-order valence-corrected chi connectivity index (χ1v) is 8.78. The van der Waals surface area contributed by atoms with Gasteiger partial charge in [-0.25, -0.2) is 0 Å². The minimum Gasteiger partial charge on any atom is -0.259 e. The fourth-order valence-corrected chi connectivity index (χ4v) is 3.17. The zero-order valence-electron chi connectivity index (χ0n) is 15.7. The molecule has 0 saturated heterocycles. The van der Waals surface area contributed by atoms with Gasteiger partial charge in [-0.2, -0.15) is 10.2 Å². The van der Waals surface area contributed by atoms with Crippen LogP contribution in [0.4, 0.5) is 11.4 Å². The van der Waals surface area contributed by atoms with E-state index in [0.29, 0.717) is 0 Å². The molecule has 1 aliphatic heterocycles. The minimum absolute atomic E-state index is 0. The largest absolute Gasteiger partial charge is 0.259 e. The number of aryl methyl sites for hydroxylation is 3. The van der Waals surface area contributed by atoms with E-state index in [1.807, 2.05) is 40.6 Å². The number of hydrogen-bond acceptors (Lipinski definition) is 4. The number of rotatable bonds is 3. The zero-order chi connectivity index (χ0) is 18.1. The molecule has 0 spiro atoms. The van der Waals surface area contributed by atoms with Gasteiger partial charge < -0.3 is 0 Å². The van der Waals surface area contributed by atoms with E-state index in [1.165, 1.54) is 16.7 Å². The molecule has 4 nitrogen and oxygen atoms in total. The molecule has 5 heteroatoms. The molecule has 3 aromatic carbocycles. The van der Waals surface area contributed by atoms with Crippen LogP contribution in [-0.4, -0.2) is 5.84 Å². The molecule has 3 aromatic rings. The first-order chi connectivity index (χ1) is 12.6. The van der Waals surface area contributed by atoms with Gasteiger partial charge in [0.2, 0.25) is 0 Å². The van der Waals surface area contributed by atoms with Gasteiger partial charge in [0.05, 0.1) is 11.4 Å². The normalized spacial score (nSPS) is 13.1. The van der Waals surface area contributed by atoms with E-state index in [0.717, 1.165) is 22.8 Å². The van der Waals surface area contributed by atoms with Crippen molar-refractivity contribution in [3.05, 3.63) is 95.1 Å². The number of hydrazone groups is 1. The lowest BCUT2D eigenvalue weighted by atomic mass is 10.1. The Bertz CT molecular complexity index is 983. The summed E-state index contributed by atoms with van der Waals surface area (Å²) in [7, 11) is 0. The van der Waals surface area contributed by atoms with Crippen LogP contribution < -0.4 is 15.7 Å². The number of hydrogen-bond donors (Lipinski definition) is 1. The summed E-state index contributed by atoms with van der Waals surface area (Å²) in [6, 6.07) is 24.9. The van der Waals surface area contributed by atoms with Crippen molar-refractivity contribution in [1.82, 2.24) is 5.43 Å². The number of benzene rings is 3. The van der Waals surface area contributed by atoms with Crippen LogP contribution in [0.3, 0.4) is 0 Å². The molecule has 0 fully saturated rings. The molecule has 1 N–H and O–H groups in total. The molecule has 1 heterocycles. The fraction of sp³-hybridized carbons (Fsp3) is 0.136. The Kier molecular flexibility index (Phi) is 5.70. The molecule has 0 atom stereocenters. The Labute approximate surface area is 177 Å². The van der Waals surface area contributed by atoms with Crippen molar-refractivity contribution in [1.29, 1.82) is 0 Å². The Balaban J connectivity index is 0.00000210. The molecule has 4 rings (SSSR count). The number of anilines is 2. The van der Waals surface area contributed by atoms with Crippen LogP contribution >= 0.6 is 24.0 Å². The van der Waals surface area contributed by atoms with Crippen molar-refractivity contribution >= 4 is 41.2 Å². The summed E-state index contributed by atoms with van der Waals surface area (Å²) >= 11 is 0. The van der Waals surface area contributed by atoms with Crippen LogP contribution in [0.1, 0.15) is 22.3 Å². The highest BCUT2D eigenvalue weighted by atomic mass is 127. The van der Waals surface area contributed by atoms with Gasteiger partial charge in [0.1, 0.15) is 0 Å². The predicted molar refractivity (Wildman–Crippen MR) is 124 cm³/mol. The maximum Gasteiger partial charge on any atom is 0.176 e. The predicted octanol–water partition coefficient (Wildman–Crippen LogP) is 5.34. The van der Waals surface area contributed by atoms with Crippen molar-refractivity contribution in [2.45, 2.75) is 20.8 Å². The van der Waals surface area contributed by atoms with Crippen molar-refractivity contribution in [3.63, 3.8) is 0 Å². The van der Waals surface area contributed by atoms with Crippen molar-refractivity contribution < 1.29 is 0 Å². The van der Waals surface area contributed by atoms with Crippen LogP contribution in [0, 0.1) is 20.8 Å². The molecular formula is C22H23IN4. The van der Waals surface area contributed by atoms with Gasteiger partial charge >= 0.3 is 0 Å². The fourth-order valence-electron chi connectivity index (χ4n) is 3.17. The lowest BCUT2D eigenvalue weighted by Crippen LogP contribution is -2.45. The number of amidine groups is 1. The maximum absolute atomic E-state index is 4.91. The molecule has 27 heavy (non-hydrogen) atoms. The average molecular weight is 470 g/mol. The number of halogens is 1. The molecule has 138 valence electrons. The van der Waals surface area contributed by atoms with E-state index in [1.54, 1.807) is 0 Å². The number of nitrogens with one attached hydrogen (secondary N) is 1. The van der Waals surface area contributed by atoms with Crippen LogP contribution in [0.2, 0.25) is 0 Å². The molecular weight excluding hydrogens is 447 g/mol. The van der Waals surface area contributed by atoms with Crippen LogP contribution in [0.15, 0.2) is 77.9 Å². The van der Waals surface area contributed by atoms with Crippen LogP contribution in [0.25, 0.3) is 0 Å². The summed E-state index contributed by atoms with van der Waals surface area (Å²) in [6.07, 6.45) is 0. The molecule has 0 aliphatic carbocycles. The third-order valence-electron chi connectivity index (χ3n) is 4.67. The summed E-state index contributed by atoms with van der Waals surface area (Å²) in [5.41, 5.74) is 10.2. The van der Waals surface area contributed by atoms with Gasteiger partial charge in [0.15, 0.2) is 5.84 Å². The second-order valence-electron chi connectivity index (χ2n) is 6.55. The molecule has 0 saturated carbocycles. The van der Waals surface area contributed by atoms with Crippen molar-refractivity contribution in [2.75, 3.05) is 10.2 Å². The molecule has 0 bridgehead atoms. The van der Waals surface area contributed by atoms with Gasteiger partial charge in [-0.1, -0.05) is 60.7 Å². The summed E-state index contributed by atoms with van der Waals surface area (Å²) < 4.78 is 0. The number of hydrazine groups is 2. The highest BCUT2D eigenvalue weighted by molar-refractivity contribution is 14.0. The highest BCUT2D eigenvalue weighted by Crippen LogP contribution is 2.30. The van der Waals surface area contributed by atoms with Gasteiger partial charge in [0.25, 0.3) is 0 Å². The van der Waals surface area contributed by atoms with E-state index in [-0.39, 0.29) is 24.0 Å². The minimum atomic E-state index is 0. The topological polar surface area (TPSA) is 30.9 Å². The SMILES string of the molecule is Cc1ccccc1C1=NN(c2ccccc2C)N(c2ccccc2C)N1.I. The van der Waals surface area contributed by atoms with Gasteiger partial charge in [0, 0.05) is 5.56 Å². The van der Waals surface area contributed by atoms with E-state index in [4.69, 9.17) is 5.10 Å². The summed E-state index contributed by atoms with van der Waals surface area (Å²) in [4.78, 5) is 0. The Morgan fingerprint density at radius 1 is 0.667 bits per heavy atom. The van der Waals surface area contributed by atoms with E-state index >= 15 is 0 Å². The van der Waals surface area contributed by atoms with Crippen LogP contribution in [0.5, 0.6) is 0 Å². The smallest absolute Gasteiger partial charge is 0.176 e. The molecule has 0 unspecified atom stereocenters. The Hall–Kier alpha value is -2.54. The molecule has 1 aliphatic rings. The Morgan fingerprint density at radius 2 is 1.19 bits per heavy atom. The first kappa shape index (κ1) is 19.2. The average Bonchev–Trinajstić information content (AvgIpc) is 3.07. The number of nitrogens with zero attached hydrogens (tertiary/aromatic N) is 3. The highest BCUT2D eigenvalue weighted by Gasteiger charge is 2.28. The van der Waals surface area contributed by atoms with Gasteiger partial charge in [-0.05, 0) is 49.6 Å². The quantitative estimate of drug-likeness (QED) is 0.525. The molecule has 0 aromatic heterocycles. The summed E-state index contributed by atoms with van der Waals surface area (Å²) in [6.45, 7) is 6.32. The Morgan fingerprint density at radius 3 is 1.78 bits per heavy atom. The first-order valence-electron chi connectivity index (χ1n) is 8.78. The standard InChI is InChI=1S/C22H22N4.HI/c1-16-10-4-7-13-19(16)22-23-25(20-14-8-5-11-17(20)2)26(24-22)21-15-9-6-12-18(21)3;/h4-15H,1-3H3,(H,23,24);1H. The van der Waals surface area contributed by atoms with Crippen LogP contribution in [-0.2, 0) is 0 Å². The lowest BCUT2D eigenvalue weighted by Gasteiger charge is -2.30. The third kappa shape index (κ3) is 3.64. The summed E-state index contributed by atoms with van der Waals surface area (Å²) in [5.74, 6) is 0.842. The van der Waals surface area contributed by atoms with Crippen molar-refractivity contribution in [3.8, 4) is 0 Å². The zero-order valence-corrected chi connectivity index (χ0v) is 18.0. The molecule has 0 radical (unpaired) electrons. The lowest BCUT2D eigenvalue weighted by molar-refractivity contribution is 0.765. The second kappa shape index (κ2) is 8.00. The third-order valence-corrected chi connectivity index (χ3v) is 4.67. The monoisotopic (exact) mass is 470 g/mol. The van der Waals surface area contributed by atoms with E-state index < -0.39 is 0 Å². The second-order valence-corrected chi connectivity index (χ2v) is 6.55. The maximum atomic E-state index is 4.91. The number of para-hydroxylation sites is 2. The van der Waals surface area contributed by atoms with Crippen molar-refractivity contribution in [2.24, 2.45) is 5.10 Å². The summed E-state index contributed by atoms with van der Waals surface area (Å²) in [5, 5.41) is 8.87. The van der Waals surface area contributed by atoms with Gasteiger partial charge in [-0.15, -0.1) is 29.1 Å². The van der Waals surface area contributed by atoms with E-state index in [9.17, 15) is 0 Å². The van der Waals surface area contributed by atoms with E-state index in [2.05, 4.69) is 68.7 Å².